The lowest BCUT2D eigenvalue weighted by molar-refractivity contribution is -0.137. The number of aryl methyl sites for hydroxylation is 2. The molecule has 0 aliphatic rings. The predicted octanol–water partition coefficient (Wildman–Crippen LogP) is 5.60. The third kappa shape index (κ3) is 8.11. The Morgan fingerprint density at radius 2 is 1.68 bits per heavy atom. The molecule has 3 atom stereocenters. The Balaban J connectivity index is 2.50. The number of para-hydroxylation sites is 1. The number of terminal acetylenes is 1. The lowest BCUT2D eigenvalue weighted by Crippen LogP contribution is -2.53. The van der Waals surface area contributed by atoms with Crippen LogP contribution in [0, 0.1) is 25.3 Å². The molecule has 2 N–H and O–H groups in total. The Morgan fingerprint density at radius 3 is 2.19 bits per heavy atom. The van der Waals surface area contributed by atoms with E-state index in [-0.39, 0.29) is 5.92 Å². The van der Waals surface area contributed by atoms with Crippen molar-refractivity contribution in [3.05, 3.63) is 65.2 Å². The van der Waals surface area contributed by atoms with Gasteiger partial charge in [0.25, 0.3) is 11.8 Å². The van der Waals surface area contributed by atoms with Crippen LogP contribution in [0.25, 0.3) is 0 Å². The molecule has 0 spiro atoms. The van der Waals surface area contributed by atoms with E-state index in [1.807, 2.05) is 58.0 Å². The van der Waals surface area contributed by atoms with E-state index in [0.29, 0.717) is 17.7 Å². The quantitative estimate of drug-likeness (QED) is 0.343. The van der Waals surface area contributed by atoms with Gasteiger partial charge in [-0.15, -0.1) is 0 Å². The van der Waals surface area contributed by atoms with Gasteiger partial charge in [-0.1, -0.05) is 76.1 Å². The Kier molecular flexibility index (Phi) is 10.3. The fourth-order valence-electron chi connectivity index (χ4n) is 3.80. The van der Waals surface area contributed by atoms with Crippen LogP contribution < -0.4 is 10.6 Å². The molecule has 0 aliphatic heterocycles. The summed E-state index contributed by atoms with van der Waals surface area (Å²) >= 11 is 0. The van der Waals surface area contributed by atoms with Crippen LogP contribution in [0.2, 0.25) is 0 Å². The first-order valence-corrected chi connectivity index (χ1v) is 12.7. The number of ether oxygens (including phenoxy) is 1. The highest BCUT2D eigenvalue weighted by atomic mass is 16.6. The Hall–Kier alpha value is -3.79. The molecule has 0 saturated carbocycles. The number of benzene rings is 2. The first-order chi connectivity index (χ1) is 17.4. The van der Waals surface area contributed by atoms with Gasteiger partial charge in [-0.25, -0.2) is 4.79 Å². The van der Waals surface area contributed by atoms with Crippen molar-refractivity contribution in [3.63, 3.8) is 0 Å². The average Bonchev–Trinajstić information content (AvgIpc) is 2.85. The summed E-state index contributed by atoms with van der Waals surface area (Å²) in [5.41, 5.74) is 2.41. The largest absolute Gasteiger partial charge is 0.444 e. The van der Waals surface area contributed by atoms with Crippen LogP contribution >= 0.6 is 0 Å². The molecule has 2 aromatic carbocycles. The highest BCUT2D eigenvalue weighted by Gasteiger charge is 2.38. The van der Waals surface area contributed by atoms with Crippen molar-refractivity contribution in [3.8, 4) is 12.5 Å². The number of anilines is 1. The van der Waals surface area contributed by atoms with Crippen LogP contribution in [0.4, 0.5) is 10.5 Å². The number of hydrogen-bond acceptors (Lipinski definition) is 4. The minimum atomic E-state index is -1.12. The van der Waals surface area contributed by atoms with E-state index in [1.54, 1.807) is 39.0 Å². The van der Waals surface area contributed by atoms with E-state index < -0.39 is 35.6 Å². The molecule has 0 fully saturated rings. The summed E-state index contributed by atoms with van der Waals surface area (Å²) < 4.78 is 5.38. The van der Waals surface area contributed by atoms with Gasteiger partial charge in [0.1, 0.15) is 17.7 Å². The first-order valence-electron chi connectivity index (χ1n) is 12.7. The molecule has 198 valence electrons. The molecule has 37 heavy (non-hydrogen) atoms. The molecule has 0 bridgehead atoms. The maximum Gasteiger partial charge on any atom is 0.408 e. The molecule has 3 amide bonds. The van der Waals surface area contributed by atoms with Gasteiger partial charge in [-0.3, -0.25) is 14.5 Å². The highest BCUT2D eigenvalue weighted by Crippen LogP contribution is 2.26. The Bertz CT molecular complexity index is 1130. The number of amides is 3. The van der Waals surface area contributed by atoms with E-state index in [2.05, 4.69) is 16.7 Å². The second-order valence-electron chi connectivity index (χ2n) is 10.1. The number of nitrogens with one attached hydrogen (secondary N) is 2. The summed E-state index contributed by atoms with van der Waals surface area (Å²) in [6.07, 6.45) is 6.57. The Morgan fingerprint density at radius 1 is 1.05 bits per heavy atom. The molecule has 3 unspecified atom stereocenters. The number of rotatable bonds is 9. The summed E-state index contributed by atoms with van der Waals surface area (Å²) in [4.78, 5) is 41.2. The van der Waals surface area contributed by atoms with Crippen molar-refractivity contribution in [2.24, 2.45) is 5.92 Å². The number of nitrogens with zero attached hydrogens (tertiary/aromatic N) is 1. The van der Waals surface area contributed by atoms with Gasteiger partial charge in [0.05, 0.1) is 0 Å². The molecule has 0 heterocycles. The third-order valence-electron chi connectivity index (χ3n) is 6.14. The molecular weight excluding hydrogens is 466 g/mol. The normalized spacial score (nSPS) is 13.5. The maximum atomic E-state index is 13.9. The lowest BCUT2D eigenvalue weighted by atomic mass is 9.95. The molecule has 2 aromatic rings. The van der Waals surface area contributed by atoms with Gasteiger partial charge in [-0.05, 0) is 62.8 Å². The van der Waals surface area contributed by atoms with Crippen molar-refractivity contribution in [1.29, 1.82) is 0 Å². The minimum absolute atomic E-state index is 0.265. The van der Waals surface area contributed by atoms with E-state index in [9.17, 15) is 14.4 Å². The maximum absolute atomic E-state index is 13.9. The summed E-state index contributed by atoms with van der Waals surface area (Å²) in [5, 5.41) is 5.60. The van der Waals surface area contributed by atoms with E-state index in [1.165, 1.54) is 0 Å². The molecule has 0 aliphatic carbocycles. The number of alkyl carbamates (subject to hydrolysis) is 1. The zero-order chi connectivity index (χ0) is 27.8. The zero-order valence-electron chi connectivity index (χ0n) is 22.9. The molecule has 2 rings (SSSR count). The summed E-state index contributed by atoms with van der Waals surface area (Å²) in [5.74, 6) is -1.28. The van der Waals surface area contributed by atoms with Gasteiger partial charge >= 0.3 is 6.09 Å². The summed E-state index contributed by atoms with van der Waals surface area (Å²) in [6, 6.07) is 15.1. The zero-order valence-corrected chi connectivity index (χ0v) is 22.9. The third-order valence-corrected chi connectivity index (χ3v) is 6.14. The van der Waals surface area contributed by atoms with Crippen molar-refractivity contribution >= 4 is 23.6 Å². The Labute approximate surface area is 221 Å². The summed E-state index contributed by atoms with van der Waals surface area (Å²) in [7, 11) is 0. The fraction of sp³-hybridized carbons (Fsp3) is 0.433. The smallest absolute Gasteiger partial charge is 0.408 e. The number of carbonyl (C=O) groups is 3. The van der Waals surface area contributed by atoms with E-state index >= 15 is 0 Å². The highest BCUT2D eigenvalue weighted by molar-refractivity contribution is 6.00. The molecule has 7 heteroatoms. The molecule has 0 aromatic heterocycles. The van der Waals surface area contributed by atoms with Crippen LogP contribution in [0.3, 0.4) is 0 Å². The molecular formula is C30H39N3O4. The fourth-order valence-corrected chi connectivity index (χ4v) is 3.80. The molecule has 0 radical (unpaired) electrons. The van der Waals surface area contributed by atoms with Crippen LogP contribution in [0.1, 0.15) is 70.7 Å². The second kappa shape index (κ2) is 13.0. The predicted molar refractivity (Wildman–Crippen MR) is 147 cm³/mol. The van der Waals surface area contributed by atoms with Gasteiger partial charge in [0.15, 0.2) is 0 Å². The van der Waals surface area contributed by atoms with Gasteiger partial charge < -0.3 is 15.4 Å². The van der Waals surface area contributed by atoms with Gasteiger partial charge in [0, 0.05) is 11.7 Å². The van der Waals surface area contributed by atoms with Crippen LogP contribution in [0.5, 0.6) is 0 Å². The van der Waals surface area contributed by atoms with Crippen LogP contribution in [-0.2, 0) is 20.7 Å². The van der Waals surface area contributed by atoms with E-state index in [0.717, 1.165) is 22.4 Å². The standard InChI is InChI=1S/C30H39N3O4/c1-9-20(4)25(32-29(36)37-30(6,7)8)28(35)33(11-3)26(23-18-16-22(10-2)17-19-23)27(34)31-24-15-13-12-14-21(24)5/h3,12-20,25-26H,9-10H2,1-2,4-8H3,(H,31,34)(H,32,36). The SMILES string of the molecule is C#CN(C(=O)C(NC(=O)OC(C)(C)C)C(C)CC)C(C(=O)Nc1ccccc1C)c1ccc(CC)cc1. The van der Waals surface area contributed by atoms with Crippen LogP contribution in [0.15, 0.2) is 48.5 Å². The topological polar surface area (TPSA) is 87.7 Å². The average molecular weight is 506 g/mol. The van der Waals surface area contributed by atoms with Crippen molar-refractivity contribution < 1.29 is 19.1 Å². The van der Waals surface area contributed by atoms with Gasteiger partial charge in [0.2, 0.25) is 0 Å². The first kappa shape index (κ1) is 29.4. The van der Waals surface area contributed by atoms with Gasteiger partial charge in [-0.2, -0.15) is 0 Å². The van der Waals surface area contributed by atoms with Crippen LogP contribution in [-0.4, -0.2) is 34.5 Å². The number of hydrogen-bond donors (Lipinski definition) is 2. The summed E-state index contributed by atoms with van der Waals surface area (Å²) in [6.45, 7) is 12.9. The van der Waals surface area contributed by atoms with Crippen molar-refractivity contribution in [1.82, 2.24) is 10.2 Å². The lowest BCUT2D eigenvalue weighted by Gasteiger charge is -2.32. The molecule has 0 saturated heterocycles. The minimum Gasteiger partial charge on any atom is -0.444 e. The van der Waals surface area contributed by atoms with E-state index in [4.69, 9.17) is 11.2 Å². The van der Waals surface area contributed by atoms with Crippen molar-refractivity contribution in [2.75, 3.05) is 5.32 Å². The number of carbonyl (C=O) groups excluding carboxylic acids is 3. The van der Waals surface area contributed by atoms with Crippen molar-refractivity contribution in [2.45, 2.75) is 79.0 Å². The monoisotopic (exact) mass is 505 g/mol. The second-order valence-corrected chi connectivity index (χ2v) is 10.1. The molecule has 7 nitrogen and oxygen atoms in total.